The van der Waals surface area contributed by atoms with Gasteiger partial charge in [-0.25, -0.2) is 9.97 Å². The number of nitrogen functional groups attached to an aromatic ring is 1. The van der Waals surface area contributed by atoms with E-state index in [9.17, 15) is 4.79 Å². The third kappa shape index (κ3) is 5.26. The van der Waals surface area contributed by atoms with Gasteiger partial charge in [0.1, 0.15) is 11.5 Å². The largest absolute Gasteiger partial charge is 0.382 e. The smallest absolute Gasteiger partial charge is 0.271 e. The summed E-state index contributed by atoms with van der Waals surface area (Å²) < 4.78 is 5.29. The molecule has 0 aromatic carbocycles. The van der Waals surface area contributed by atoms with E-state index in [0.717, 1.165) is 19.4 Å². The Morgan fingerprint density at radius 2 is 2.24 bits per heavy atom. The molecule has 0 aliphatic heterocycles. The summed E-state index contributed by atoms with van der Waals surface area (Å²) in [5.41, 5.74) is 5.65. The summed E-state index contributed by atoms with van der Waals surface area (Å²) in [6.07, 6.45) is 4.51. The van der Waals surface area contributed by atoms with E-state index in [1.165, 1.54) is 12.4 Å². The molecule has 0 bridgehead atoms. The summed E-state index contributed by atoms with van der Waals surface area (Å²) in [6.45, 7) is 4.04. The maximum Gasteiger partial charge on any atom is 0.271 e. The molecule has 0 atom stereocenters. The molecule has 1 aromatic heterocycles. The number of rotatable bonds is 7. The second-order valence-corrected chi connectivity index (χ2v) is 3.55. The predicted octanol–water partition coefficient (Wildman–Crippen LogP) is 0.605. The minimum Gasteiger partial charge on any atom is -0.382 e. The van der Waals surface area contributed by atoms with Gasteiger partial charge in [-0.1, -0.05) is 6.92 Å². The van der Waals surface area contributed by atoms with Crippen molar-refractivity contribution in [3.8, 4) is 0 Å². The number of aromatic nitrogens is 2. The van der Waals surface area contributed by atoms with Crippen molar-refractivity contribution in [2.75, 3.05) is 25.5 Å². The normalized spacial score (nSPS) is 10.2. The van der Waals surface area contributed by atoms with E-state index in [0.29, 0.717) is 19.0 Å². The molecule has 6 heteroatoms. The van der Waals surface area contributed by atoms with Crippen LogP contribution in [-0.2, 0) is 4.74 Å². The molecule has 1 rings (SSSR count). The highest BCUT2D eigenvalue weighted by atomic mass is 16.5. The van der Waals surface area contributed by atoms with E-state index in [4.69, 9.17) is 10.5 Å². The predicted molar refractivity (Wildman–Crippen MR) is 64.5 cm³/mol. The number of hydrogen-bond donors (Lipinski definition) is 2. The first-order chi connectivity index (χ1) is 8.24. The molecule has 1 amide bonds. The van der Waals surface area contributed by atoms with Gasteiger partial charge in [-0.15, -0.1) is 0 Å². The summed E-state index contributed by atoms with van der Waals surface area (Å²) in [5.74, 6) is 0.0579. The number of hydrogen-bond acceptors (Lipinski definition) is 5. The number of nitrogens with zero attached hydrogens (tertiary/aromatic N) is 2. The zero-order chi connectivity index (χ0) is 12.5. The van der Waals surface area contributed by atoms with Gasteiger partial charge in [0.25, 0.3) is 5.91 Å². The monoisotopic (exact) mass is 238 g/mol. The van der Waals surface area contributed by atoms with E-state index in [1.54, 1.807) is 0 Å². The van der Waals surface area contributed by atoms with Gasteiger partial charge in [0.2, 0.25) is 0 Å². The Morgan fingerprint density at radius 1 is 1.41 bits per heavy atom. The van der Waals surface area contributed by atoms with Crippen LogP contribution < -0.4 is 11.1 Å². The minimum atomic E-state index is -0.243. The van der Waals surface area contributed by atoms with Gasteiger partial charge in [0.15, 0.2) is 0 Å². The lowest BCUT2D eigenvalue weighted by atomic mass is 10.4. The summed E-state index contributed by atoms with van der Waals surface area (Å²) in [7, 11) is 0. The Labute approximate surface area is 101 Å². The Kier molecular flexibility index (Phi) is 5.95. The van der Waals surface area contributed by atoms with Crippen LogP contribution in [0.4, 0.5) is 5.82 Å². The second kappa shape index (κ2) is 7.56. The first-order valence-corrected chi connectivity index (χ1v) is 5.67. The Balaban J connectivity index is 2.19. The lowest BCUT2D eigenvalue weighted by Crippen LogP contribution is -2.26. The number of anilines is 1. The van der Waals surface area contributed by atoms with Crippen molar-refractivity contribution in [2.24, 2.45) is 0 Å². The van der Waals surface area contributed by atoms with Crippen LogP contribution in [0.25, 0.3) is 0 Å². The SMILES string of the molecule is CCCOCCCNC(=O)c1cnc(N)cn1. The van der Waals surface area contributed by atoms with Crippen LogP contribution in [0, 0.1) is 0 Å². The molecular formula is C11H18N4O2. The summed E-state index contributed by atoms with van der Waals surface area (Å²) in [4.78, 5) is 19.2. The number of carbonyl (C=O) groups excluding carboxylic acids is 1. The zero-order valence-corrected chi connectivity index (χ0v) is 9.98. The molecule has 6 nitrogen and oxygen atoms in total. The molecule has 0 unspecified atom stereocenters. The highest BCUT2D eigenvalue weighted by Gasteiger charge is 2.05. The number of nitrogens with two attached hydrogens (primary N) is 1. The van der Waals surface area contributed by atoms with Gasteiger partial charge in [0, 0.05) is 19.8 Å². The van der Waals surface area contributed by atoms with E-state index in [-0.39, 0.29) is 11.6 Å². The van der Waals surface area contributed by atoms with Crippen LogP contribution in [0.5, 0.6) is 0 Å². The standard InChI is InChI=1S/C11H18N4O2/c1-2-5-17-6-3-4-13-11(16)9-7-15-10(12)8-14-9/h7-8H,2-6H2,1H3,(H2,12,15)(H,13,16). The van der Waals surface area contributed by atoms with Crippen LogP contribution in [-0.4, -0.2) is 35.6 Å². The van der Waals surface area contributed by atoms with Gasteiger partial charge in [-0.2, -0.15) is 0 Å². The molecule has 17 heavy (non-hydrogen) atoms. The summed E-state index contributed by atoms with van der Waals surface area (Å²) >= 11 is 0. The lowest BCUT2D eigenvalue weighted by molar-refractivity contribution is 0.0936. The van der Waals surface area contributed by atoms with Gasteiger partial charge in [0.05, 0.1) is 12.4 Å². The molecule has 0 spiro atoms. The number of ether oxygens (including phenoxy) is 1. The van der Waals surface area contributed by atoms with Crippen molar-refractivity contribution in [1.82, 2.24) is 15.3 Å². The van der Waals surface area contributed by atoms with E-state index >= 15 is 0 Å². The molecule has 94 valence electrons. The van der Waals surface area contributed by atoms with Crippen molar-refractivity contribution in [2.45, 2.75) is 19.8 Å². The van der Waals surface area contributed by atoms with Crippen molar-refractivity contribution in [3.63, 3.8) is 0 Å². The molecule has 0 saturated carbocycles. The van der Waals surface area contributed by atoms with Crippen molar-refractivity contribution < 1.29 is 9.53 Å². The third-order valence-corrected chi connectivity index (χ3v) is 2.00. The molecule has 1 heterocycles. The Hall–Kier alpha value is -1.69. The average molecular weight is 238 g/mol. The Morgan fingerprint density at radius 3 is 2.88 bits per heavy atom. The first kappa shape index (κ1) is 13.4. The Bertz CT molecular complexity index is 340. The molecule has 0 aliphatic rings. The fourth-order valence-electron chi connectivity index (χ4n) is 1.17. The highest BCUT2D eigenvalue weighted by Crippen LogP contribution is 1.95. The van der Waals surface area contributed by atoms with Crippen LogP contribution in [0.15, 0.2) is 12.4 Å². The minimum absolute atomic E-state index is 0.243. The lowest BCUT2D eigenvalue weighted by Gasteiger charge is -2.05. The average Bonchev–Trinajstić information content (AvgIpc) is 2.34. The maximum atomic E-state index is 11.5. The zero-order valence-electron chi connectivity index (χ0n) is 9.98. The topological polar surface area (TPSA) is 90.1 Å². The van der Waals surface area contributed by atoms with E-state index in [1.807, 2.05) is 0 Å². The number of nitrogens with one attached hydrogen (secondary N) is 1. The molecule has 3 N–H and O–H groups in total. The van der Waals surface area contributed by atoms with Crippen LogP contribution in [0.3, 0.4) is 0 Å². The van der Waals surface area contributed by atoms with Crippen molar-refractivity contribution in [1.29, 1.82) is 0 Å². The number of amides is 1. The van der Waals surface area contributed by atoms with Gasteiger partial charge in [-0.3, -0.25) is 4.79 Å². The van der Waals surface area contributed by atoms with Crippen LogP contribution >= 0.6 is 0 Å². The van der Waals surface area contributed by atoms with Crippen molar-refractivity contribution in [3.05, 3.63) is 18.1 Å². The van der Waals surface area contributed by atoms with Crippen LogP contribution in [0.2, 0.25) is 0 Å². The fraction of sp³-hybridized carbons (Fsp3) is 0.545. The summed E-state index contributed by atoms with van der Waals surface area (Å²) in [6, 6.07) is 0. The van der Waals surface area contributed by atoms with Gasteiger partial charge < -0.3 is 15.8 Å². The van der Waals surface area contributed by atoms with Gasteiger partial charge in [-0.05, 0) is 12.8 Å². The molecule has 1 aromatic rings. The quantitative estimate of drug-likeness (QED) is 0.679. The fourth-order valence-corrected chi connectivity index (χ4v) is 1.17. The second-order valence-electron chi connectivity index (χ2n) is 3.55. The maximum absolute atomic E-state index is 11.5. The van der Waals surface area contributed by atoms with Crippen LogP contribution in [0.1, 0.15) is 30.3 Å². The molecule has 0 saturated heterocycles. The molecule has 0 fully saturated rings. The van der Waals surface area contributed by atoms with Gasteiger partial charge >= 0.3 is 0 Å². The summed E-state index contributed by atoms with van der Waals surface area (Å²) in [5, 5.41) is 2.73. The van der Waals surface area contributed by atoms with E-state index < -0.39 is 0 Å². The third-order valence-electron chi connectivity index (χ3n) is 2.00. The molecule has 0 radical (unpaired) electrons. The molecular weight excluding hydrogens is 220 g/mol. The highest BCUT2D eigenvalue weighted by molar-refractivity contribution is 5.91. The number of carbonyl (C=O) groups is 1. The molecule has 0 aliphatic carbocycles. The van der Waals surface area contributed by atoms with E-state index in [2.05, 4.69) is 22.2 Å². The van der Waals surface area contributed by atoms with Crippen molar-refractivity contribution >= 4 is 11.7 Å². The first-order valence-electron chi connectivity index (χ1n) is 5.67.